The van der Waals surface area contributed by atoms with Gasteiger partial charge in [-0.15, -0.1) is 0 Å². The number of halogens is 1. The molecule has 2 aliphatic rings. The number of aliphatic carboxylic acids is 1. The van der Waals surface area contributed by atoms with Crippen LogP contribution in [0.25, 0.3) is 0 Å². The van der Waals surface area contributed by atoms with Gasteiger partial charge in [0.05, 0.1) is 6.42 Å². The Hall–Kier alpha value is -1.23. The highest BCUT2D eigenvalue weighted by atomic mass is 79.9. The molecule has 0 spiro atoms. The van der Waals surface area contributed by atoms with Crippen LogP contribution < -0.4 is 9.47 Å². The summed E-state index contributed by atoms with van der Waals surface area (Å²) in [6.07, 6.45) is 2.39. The molecule has 1 N–H and O–H groups in total. The SMILES string of the molecule is O=C(O)CC(c1cc2c(cc1Br)OCCO2)C1CC1. The predicted molar refractivity (Wildman–Crippen MR) is 72.8 cm³/mol. The quantitative estimate of drug-likeness (QED) is 0.923. The minimum atomic E-state index is -0.751. The van der Waals surface area contributed by atoms with Crippen LogP contribution in [0.1, 0.15) is 30.7 Å². The molecule has 1 fully saturated rings. The summed E-state index contributed by atoms with van der Waals surface area (Å²) in [7, 11) is 0. The first kappa shape index (κ1) is 12.8. The van der Waals surface area contributed by atoms with E-state index < -0.39 is 5.97 Å². The maximum atomic E-state index is 11.0. The summed E-state index contributed by atoms with van der Waals surface area (Å²) < 4.78 is 12.0. The van der Waals surface area contributed by atoms with Gasteiger partial charge in [0.2, 0.25) is 0 Å². The second-order valence-corrected chi connectivity index (χ2v) is 5.91. The minimum Gasteiger partial charge on any atom is -0.486 e. The molecule has 0 saturated heterocycles. The smallest absolute Gasteiger partial charge is 0.303 e. The standard InChI is InChI=1S/C14H15BrO4/c15-11-7-13-12(18-3-4-19-13)5-10(11)9(6-14(16)17)8-1-2-8/h5,7-9H,1-4,6H2,(H,16,17). The van der Waals surface area contributed by atoms with Crippen LogP contribution in [0.5, 0.6) is 11.5 Å². The van der Waals surface area contributed by atoms with Gasteiger partial charge in [0.15, 0.2) is 11.5 Å². The molecule has 0 amide bonds. The number of hydrogen-bond donors (Lipinski definition) is 1. The average Bonchev–Trinajstić information content (AvgIpc) is 3.19. The number of fused-ring (bicyclic) bond motifs is 1. The summed E-state index contributed by atoms with van der Waals surface area (Å²) in [6, 6.07) is 3.82. The van der Waals surface area contributed by atoms with Crippen LogP contribution in [0.3, 0.4) is 0 Å². The van der Waals surface area contributed by atoms with Crippen molar-refractivity contribution in [1.82, 2.24) is 0 Å². The topological polar surface area (TPSA) is 55.8 Å². The van der Waals surface area contributed by atoms with E-state index in [4.69, 9.17) is 14.6 Å². The molecule has 0 aromatic heterocycles. The van der Waals surface area contributed by atoms with Crippen LogP contribution in [0.15, 0.2) is 16.6 Å². The van der Waals surface area contributed by atoms with Crippen LogP contribution in [-0.2, 0) is 4.79 Å². The number of carboxylic acids is 1. The summed E-state index contributed by atoms with van der Waals surface area (Å²) >= 11 is 3.53. The first-order chi connectivity index (χ1) is 9.15. The van der Waals surface area contributed by atoms with Crippen LogP contribution in [0.4, 0.5) is 0 Å². The molecule has 19 heavy (non-hydrogen) atoms. The Kier molecular flexibility index (Phi) is 3.39. The average molecular weight is 327 g/mol. The monoisotopic (exact) mass is 326 g/mol. The second-order valence-electron chi connectivity index (χ2n) is 5.06. The predicted octanol–water partition coefficient (Wildman–Crippen LogP) is 3.19. The van der Waals surface area contributed by atoms with E-state index >= 15 is 0 Å². The third kappa shape index (κ3) is 2.71. The first-order valence-corrected chi connectivity index (χ1v) is 7.25. The van der Waals surface area contributed by atoms with Crippen molar-refractivity contribution < 1.29 is 19.4 Å². The van der Waals surface area contributed by atoms with Gasteiger partial charge in [-0.05, 0) is 42.4 Å². The number of rotatable bonds is 4. The van der Waals surface area contributed by atoms with Crippen LogP contribution >= 0.6 is 15.9 Å². The van der Waals surface area contributed by atoms with Crippen molar-refractivity contribution in [2.45, 2.75) is 25.2 Å². The molecule has 1 unspecified atom stereocenters. The van der Waals surface area contributed by atoms with E-state index in [1.165, 1.54) is 0 Å². The molecule has 1 aromatic carbocycles. The molecule has 1 aromatic rings. The molecule has 5 heteroatoms. The molecular formula is C14H15BrO4. The fraction of sp³-hybridized carbons (Fsp3) is 0.500. The van der Waals surface area contributed by atoms with Gasteiger partial charge in [0, 0.05) is 4.47 Å². The summed E-state index contributed by atoms with van der Waals surface area (Å²) in [6.45, 7) is 1.10. The minimum absolute atomic E-state index is 0.0581. The van der Waals surface area contributed by atoms with Gasteiger partial charge in [-0.25, -0.2) is 0 Å². The third-order valence-corrected chi connectivity index (χ3v) is 4.33. The summed E-state index contributed by atoms with van der Waals surface area (Å²) in [5.74, 6) is 1.24. The van der Waals surface area contributed by atoms with Gasteiger partial charge in [0.25, 0.3) is 0 Å². The molecule has 0 radical (unpaired) electrons. The molecule has 0 bridgehead atoms. The molecule has 1 aliphatic carbocycles. The van der Waals surface area contributed by atoms with E-state index in [-0.39, 0.29) is 12.3 Å². The number of carboxylic acid groups (broad SMARTS) is 1. The molecule has 3 rings (SSSR count). The van der Waals surface area contributed by atoms with Crippen molar-refractivity contribution in [3.8, 4) is 11.5 Å². The van der Waals surface area contributed by atoms with E-state index in [1.54, 1.807) is 0 Å². The number of carbonyl (C=O) groups is 1. The lowest BCUT2D eigenvalue weighted by Crippen LogP contribution is -2.16. The van der Waals surface area contributed by atoms with E-state index in [2.05, 4.69) is 15.9 Å². The fourth-order valence-corrected chi connectivity index (χ4v) is 3.20. The zero-order chi connectivity index (χ0) is 13.4. The molecule has 4 nitrogen and oxygen atoms in total. The van der Waals surface area contributed by atoms with Crippen molar-refractivity contribution >= 4 is 21.9 Å². The lowest BCUT2D eigenvalue weighted by Gasteiger charge is -2.23. The maximum absolute atomic E-state index is 11.0. The maximum Gasteiger partial charge on any atom is 0.303 e. The number of ether oxygens (including phenoxy) is 2. The highest BCUT2D eigenvalue weighted by Gasteiger charge is 2.35. The van der Waals surface area contributed by atoms with E-state index in [1.807, 2.05) is 12.1 Å². The van der Waals surface area contributed by atoms with Gasteiger partial charge in [-0.3, -0.25) is 4.79 Å². The fourth-order valence-electron chi connectivity index (χ4n) is 2.58. The van der Waals surface area contributed by atoms with Gasteiger partial charge in [-0.1, -0.05) is 15.9 Å². The molecule has 1 saturated carbocycles. The Labute approximate surface area is 119 Å². The van der Waals surface area contributed by atoms with Gasteiger partial charge >= 0.3 is 5.97 Å². The van der Waals surface area contributed by atoms with Crippen LogP contribution in [0.2, 0.25) is 0 Å². The van der Waals surface area contributed by atoms with Crippen molar-refractivity contribution in [2.75, 3.05) is 13.2 Å². The Morgan fingerprint density at radius 2 is 1.95 bits per heavy atom. The van der Waals surface area contributed by atoms with E-state index in [0.717, 1.165) is 34.4 Å². The van der Waals surface area contributed by atoms with Crippen molar-refractivity contribution in [2.24, 2.45) is 5.92 Å². The highest BCUT2D eigenvalue weighted by Crippen LogP contribution is 2.48. The molecule has 1 heterocycles. The Morgan fingerprint density at radius 1 is 1.32 bits per heavy atom. The molecule has 102 valence electrons. The molecular weight excluding hydrogens is 312 g/mol. The van der Waals surface area contributed by atoms with Crippen molar-refractivity contribution in [1.29, 1.82) is 0 Å². The lowest BCUT2D eigenvalue weighted by molar-refractivity contribution is -0.137. The zero-order valence-corrected chi connectivity index (χ0v) is 12.0. The Bertz CT molecular complexity index is 510. The van der Waals surface area contributed by atoms with Crippen LogP contribution in [-0.4, -0.2) is 24.3 Å². The van der Waals surface area contributed by atoms with Crippen molar-refractivity contribution in [3.05, 3.63) is 22.2 Å². The molecule has 1 aliphatic heterocycles. The Morgan fingerprint density at radius 3 is 2.53 bits per heavy atom. The third-order valence-electron chi connectivity index (χ3n) is 3.65. The van der Waals surface area contributed by atoms with E-state index in [9.17, 15) is 4.79 Å². The Balaban J connectivity index is 1.95. The highest BCUT2D eigenvalue weighted by molar-refractivity contribution is 9.10. The second kappa shape index (κ2) is 5.04. The van der Waals surface area contributed by atoms with E-state index in [0.29, 0.717) is 19.1 Å². The number of benzene rings is 1. The summed E-state index contributed by atoms with van der Waals surface area (Å²) in [4.78, 5) is 11.0. The van der Waals surface area contributed by atoms with Crippen LogP contribution in [0, 0.1) is 5.92 Å². The zero-order valence-electron chi connectivity index (χ0n) is 10.4. The van der Waals surface area contributed by atoms with Gasteiger partial charge < -0.3 is 14.6 Å². The van der Waals surface area contributed by atoms with Gasteiger partial charge in [0.1, 0.15) is 13.2 Å². The number of hydrogen-bond acceptors (Lipinski definition) is 3. The first-order valence-electron chi connectivity index (χ1n) is 6.46. The summed E-state index contributed by atoms with van der Waals surface area (Å²) in [5.41, 5.74) is 1.02. The normalized spacial score (nSPS) is 19.0. The van der Waals surface area contributed by atoms with Gasteiger partial charge in [-0.2, -0.15) is 0 Å². The van der Waals surface area contributed by atoms with Crippen molar-refractivity contribution in [3.63, 3.8) is 0 Å². The lowest BCUT2D eigenvalue weighted by atomic mass is 9.90. The largest absolute Gasteiger partial charge is 0.486 e. The summed E-state index contributed by atoms with van der Waals surface area (Å²) in [5, 5.41) is 9.08. The molecule has 1 atom stereocenters.